The van der Waals surface area contributed by atoms with Gasteiger partial charge in [-0.25, -0.2) is 17.5 Å². The van der Waals surface area contributed by atoms with Crippen molar-refractivity contribution >= 4 is 22.1 Å². The summed E-state index contributed by atoms with van der Waals surface area (Å²) in [6, 6.07) is 4.43. The molecule has 0 radical (unpaired) electrons. The van der Waals surface area contributed by atoms with Gasteiger partial charge in [-0.05, 0) is 23.8 Å². The molecule has 1 aromatic rings. The summed E-state index contributed by atoms with van der Waals surface area (Å²) in [5.74, 6) is -0.894. The Morgan fingerprint density at radius 3 is 2.47 bits per heavy atom. The Kier molecular flexibility index (Phi) is 4.68. The zero-order valence-corrected chi connectivity index (χ0v) is 11.6. The molecule has 0 aliphatic heterocycles. The van der Waals surface area contributed by atoms with Crippen LogP contribution in [0.4, 0.5) is 0 Å². The van der Waals surface area contributed by atoms with Crippen molar-refractivity contribution in [3.63, 3.8) is 0 Å². The summed E-state index contributed by atoms with van der Waals surface area (Å²) in [6.07, 6.45) is 2.25. The number of carboxylic acid groups (broad SMARTS) is 1. The van der Waals surface area contributed by atoms with Crippen LogP contribution in [0.3, 0.4) is 0 Å². The van der Waals surface area contributed by atoms with Crippen molar-refractivity contribution < 1.29 is 23.1 Å². The molecule has 0 aliphatic rings. The van der Waals surface area contributed by atoms with E-state index in [0.717, 1.165) is 10.4 Å². The molecule has 0 spiro atoms. The van der Waals surface area contributed by atoms with Crippen LogP contribution in [0.2, 0.25) is 0 Å². The van der Waals surface area contributed by atoms with Crippen molar-refractivity contribution in [2.24, 2.45) is 0 Å². The largest absolute Gasteiger partial charge is 0.495 e. The molecule has 0 aliphatic carbocycles. The quantitative estimate of drug-likeness (QED) is 0.817. The molecule has 104 valence electrons. The lowest BCUT2D eigenvalue weighted by molar-refractivity contribution is -0.131. The second-order valence-corrected chi connectivity index (χ2v) is 5.99. The summed E-state index contributed by atoms with van der Waals surface area (Å²) in [7, 11) is 0.541. The summed E-state index contributed by atoms with van der Waals surface area (Å²) in [6.45, 7) is 0. The molecule has 1 rings (SSSR count). The number of nitrogens with zero attached hydrogens (tertiary/aromatic N) is 1. The normalized spacial score (nSPS) is 12.0. The Morgan fingerprint density at radius 2 is 2.00 bits per heavy atom. The molecule has 6 nitrogen and oxygen atoms in total. The van der Waals surface area contributed by atoms with Gasteiger partial charge in [0.2, 0.25) is 10.0 Å². The van der Waals surface area contributed by atoms with Crippen LogP contribution in [0.5, 0.6) is 5.75 Å². The average molecular weight is 285 g/mol. The third kappa shape index (κ3) is 3.55. The van der Waals surface area contributed by atoms with Crippen LogP contribution in [-0.2, 0) is 14.8 Å². The summed E-state index contributed by atoms with van der Waals surface area (Å²) >= 11 is 0. The molecule has 0 unspecified atom stereocenters. The number of hydrogen-bond donors (Lipinski definition) is 1. The molecular weight excluding hydrogens is 270 g/mol. The maximum absolute atomic E-state index is 12.1. The fourth-order valence-corrected chi connectivity index (χ4v) is 2.45. The van der Waals surface area contributed by atoms with E-state index >= 15 is 0 Å². The van der Waals surface area contributed by atoms with E-state index in [9.17, 15) is 13.2 Å². The lowest BCUT2D eigenvalue weighted by Gasteiger charge is -2.14. The minimum atomic E-state index is -3.65. The third-order valence-electron chi connectivity index (χ3n) is 2.36. The third-order valence-corrected chi connectivity index (χ3v) is 4.20. The summed E-state index contributed by atoms with van der Waals surface area (Å²) in [4.78, 5) is 10.4. The van der Waals surface area contributed by atoms with Crippen LogP contribution in [0.15, 0.2) is 29.2 Å². The topological polar surface area (TPSA) is 83.9 Å². The predicted octanol–water partition coefficient (Wildman–Crippen LogP) is 1.04. The summed E-state index contributed by atoms with van der Waals surface area (Å²) in [5.41, 5.74) is 0.462. The average Bonchev–Trinajstić information content (AvgIpc) is 2.35. The zero-order chi connectivity index (χ0) is 14.6. The molecule has 0 saturated carbocycles. The van der Waals surface area contributed by atoms with Crippen molar-refractivity contribution in [3.8, 4) is 5.75 Å². The number of carbonyl (C=O) groups is 1. The van der Waals surface area contributed by atoms with E-state index in [1.807, 2.05) is 0 Å². The number of methoxy groups -OCH3 is 1. The first-order chi connectivity index (χ1) is 8.78. The number of carboxylic acids is 1. The number of aliphatic carboxylic acids is 1. The van der Waals surface area contributed by atoms with Gasteiger partial charge in [-0.2, -0.15) is 0 Å². The molecule has 7 heteroatoms. The SMILES string of the molecule is COc1ccc(C=CC(=O)O)cc1S(=O)(=O)N(C)C. The fourth-order valence-electron chi connectivity index (χ4n) is 1.36. The van der Waals surface area contributed by atoms with E-state index in [-0.39, 0.29) is 10.6 Å². The fraction of sp³-hybridized carbons (Fsp3) is 0.250. The van der Waals surface area contributed by atoms with E-state index in [4.69, 9.17) is 9.84 Å². The number of sulfonamides is 1. The maximum Gasteiger partial charge on any atom is 0.328 e. The smallest absolute Gasteiger partial charge is 0.328 e. The minimum absolute atomic E-state index is 0.00691. The maximum atomic E-state index is 12.1. The van der Waals surface area contributed by atoms with Crippen molar-refractivity contribution in [1.29, 1.82) is 0 Å². The lowest BCUT2D eigenvalue weighted by atomic mass is 10.2. The van der Waals surface area contributed by atoms with Crippen molar-refractivity contribution in [2.45, 2.75) is 4.90 Å². The molecule has 19 heavy (non-hydrogen) atoms. The Hall–Kier alpha value is -1.86. The highest BCUT2D eigenvalue weighted by Crippen LogP contribution is 2.27. The van der Waals surface area contributed by atoms with Gasteiger partial charge in [-0.15, -0.1) is 0 Å². The van der Waals surface area contributed by atoms with Gasteiger partial charge in [0.05, 0.1) is 7.11 Å². The van der Waals surface area contributed by atoms with Crippen LogP contribution < -0.4 is 4.74 Å². The number of hydrogen-bond acceptors (Lipinski definition) is 4. The lowest BCUT2D eigenvalue weighted by Crippen LogP contribution is -2.22. The van der Waals surface area contributed by atoms with E-state index < -0.39 is 16.0 Å². The summed E-state index contributed by atoms with van der Waals surface area (Å²) < 4.78 is 30.3. The first-order valence-electron chi connectivity index (χ1n) is 5.30. The summed E-state index contributed by atoms with van der Waals surface area (Å²) in [5, 5.41) is 8.55. The first-order valence-corrected chi connectivity index (χ1v) is 6.74. The van der Waals surface area contributed by atoms with Crippen molar-refractivity contribution in [2.75, 3.05) is 21.2 Å². The number of rotatable bonds is 5. The van der Waals surface area contributed by atoms with Crippen molar-refractivity contribution in [3.05, 3.63) is 29.8 Å². The van der Waals surface area contributed by atoms with Crippen LogP contribution in [0.1, 0.15) is 5.56 Å². The van der Waals surface area contributed by atoms with E-state index in [2.05, 4.69) is 0 Å². The van der Waals surface area contributed by atoms with E-state index in [1.54, 1.807) is 6.07 Å². The highest BCUT2D eigenvalue weighted by molar-refractivity contribution is 7.89. The molecule has 0 amide bonds. The highest BCUT2D eigenvalue weighted by Gasteiger charge is 2.22. The van der Waals surface area contributed by atoms with E-state index in [0.29, 0.717) is 5.56 Å². The molecule has 0 atom stereocenters. The Morgan fingerprint density at radius 1 is 1.37 bits per heavy atom. The molecule has 0 heterocycles. The molecule has 0 bridgehead atoms. The van der Waals surface area contributed by atoms with Gasteiger partial charge in [0, 0.05) is 20.2 Å². The molecule has 0 saturated heterocycles. The molecule has 0 aromatic heterocycles. The van der Waals surface area contributed by atoms with Crippen LogP contribution >= 0.6 is 0 Å². The first kappa shape index (κ1) is 15.2. The second-order valence-electron chi connectivity index (χ2n) is 3.87. The van der Waals surface area contributed by atoms with E-state index in [1.165, 1.54) is 39.4 Å². The minimum Gasteiger partial charge on any atom is -0.495 e. The number of ether oxygens (including phenoxy) is 1. The van der Waals surface area contributed by atoms with Gasteiger partial charge in [-0.3, -0.25) is 0 Å². The van der Waals surface area contributed by atoms with Crippen molar-refractivity contribution in [1.82, 2.24) is 4.31 Å². The highest BCUT2D eigenvalue weighted by atomic mass is 32.2. The van der Waals surface area contributed by atoms with Gasteiger partial charge >= 0.3 is 5.97 Å². The monoisotopic (exact) mass is 285 g/mol. The molecule has 1 aromatic carbocycles. The standard InChI is InChI=1S/C12H15NO5S/c1-13(2)19(16,17)11-8-9(5-7-12(14)15)4-6-10(11)18-3/h4-8H,1-3H3,(H,14,15). The van der Waals surface area contributed by atoms with Gasteiger partial charge in [0.1, 0.15) is 10.6 Å². The van der Waals surface area contributed by atoms with Gasteiger partial charge in [0.25, 0.3) is 0 Å². The Balaban J connectivity index is 3.37. The van der Waals surface area contributed by atoms with Crippen LogP contribution in [0.25, 0.3) is 6.08 Å². The van der Waals surface area contributed by atoms with Gasteiger partial charge in [-0.1, -0.05) is 6.07 Å². The molecule has 0 fully saturated rings. The molecular formula is C12H15NO5S. The van der Waals surface area contributed by atoms with Crippen LogP contribution in [0, 0.1) is 0 Å². The van der Waals surface area contributed by atoms with Gasteiger partial charge in [0.15, 0.2) is 0 Å². The van der Waals surface area contributed by atoms with Gasteiger partial charge < -0.3 is 9.84 Å². The Bertz CT molecular complexity index is 605. The van der Waals surface area contributed by atoms with Crippen LogP contribution in [-0.4, -0.2) is 45.0 Å². The second kappa shape index (κ2) is 5.85. The molecule has 1 N–H and O–H groups in total. The predicted molar refractivity (Wildman–Crippen MR) is 70.5 cm³/mol. The zero-order valence-electron chi connectivity index (χ0n) is 10.8. The Labute approximate surface area is 112 Å². The number of benzene rings is 1.